The quantitative estimate of drug-likeness (QED) is 0.853. The summed E-state index contributed by atoms with van der Waals surface area (Å²) in [5.74, 6) is -0.627. The van der Waals surface area contributed by atoms with Crippen molar-refractivity contribution < 1.29 is 19.4 Å². The lowest BCUT2D eigenvalue weighted by atomic mass is 9.97. The van der Waals surface area contributed by atoms with Crippen LogP contribution < -0.4 is 10.1 Å². The fourth-order valence-electron chi connectivity index (χ4n) is 2.18. The lowest BCUT2D eigenvalue weighted by Gasteiger charge is -2.21. The van der Waals surface area contributed by atoms with Crippen molar-refractivity contribution in [2.75, 3.05) is 7.11 Å². The highest BCUT2D eigenvalue weighted by atomic mass is 16.5. The van der Waals surface area contributed by atoms with Crippen molar-refractivity contribution in [1.29, 1.82) is 0 Å². The number of rotatable bonds is 5. The number of methoxy groups -OCH3 is 1. The molecule has 1 amide bonds. The van der Waals surface area contributed by atoms with Gasteiger partial charge in [-0.05, 0) is 19.4 Å². The first-order valence-corrected chi connectivity index (χ1v) is 5.99. The molecule has 0 fully saturated rings. The summed E-state index contributed by atoms with van der Waals surface area (Å²) in [6, 6.07) is 3.20. The molecular weight excluding hydrogens is 246 g/mol. The Hall–Kier alpha value is -2.04. The van der Waals surface area contributed by atoms with Crippen molar-refractivity contribution in [3.05, 3.63) is 28.8 Å². The first-order valence-electron chi connectivity index (χ1n) is 5.99. The first kappa shape index (κ1) is 15.0. The molecule has 0 spiro atoms. The minimum atomic E-state index is -0.972. The highest BCUT2D eigenvalue weighted by Gasteiger charge is 2.21. The smallest absolute Gasteiger partial charge is 0.305 e. The van der Waals surface area contributed by atoms with E-state index in [0.29, 0.717) is 11.3 Å². The zero-order valence-electron chi connectivity index (χ0n) is 11.6. The van der Waals surface area contributed by atoms with E-state index in [2.05, 4.69) is 5.32 Å². The van der Waals surface area contributed by atoms with Gasteiger partial charge in [0.15, 0.2) is 0 Å². The van der Waals surface area contributed by atoms with Crippen LogP contribution in [0.25, 0.3) is 0 Å². The van der Waals surface area contributed by atoms with Crippen LogP contribution in [0, 0.1) is 13.8 Å². The van der Waals surface area contributed by atoms with Crippen LogP contribution >= 0.6 is 0 Å². The van der Waals surface area contributed by atoms with Gasteiger partial charge in [0.25, 0.3) is 0 Å². The Bertz CT molecular complexity index is 480. The monoisotopic (exact) mass is 265 g/mol. The fraction of sp³-hybridized carbons (Fsp3) is 0.429. The van der Waals surface area contributed by atoms with Gasteiger partial charge < -0.3 is 15.2 Å². The number of carbonyl (C=O) groups is 2. The SMILES string of the molecule is COc1c(C)cc(C)cc1C(CC(=O)O)NC(C)=O. The topological polar surface area (TPSA) is 75.6 Å². The summed E-state index contributed by atoms with van der Waals surface area (Å²) in [7, 11) is 1.53. The van der Waals surface area contributed by atoms with Gasteiger partial charge in [0.05, 0.1) is 19.6 Å². The molecular formula is C14H19NO4. The third-order valence-corrected chi connectivity index (χ3v) is 2.78. The van der Waals surface area contributed by atoms with Crippen molar-refractivity contribution in [3.63, 3.8) is 0 Å². The van der Waals surface area contributed by atoms with Gasteiger partial charge in [-0.3, -0.25) is 9.59 Å². The number of carbonyl (C=O) groups excluding carboxylic acids is 1. The highest BCUT2D eigenvalue weighted by Crippen LogP contribution is 2.31. The zero-order chi connectivity index (χ0) is 14.6. The molecule has 5 nitrogen and oxygen atoms in total. The predicted molar refractivity (Wildman–Crippen MR) is 71.3 cm³/mol. The number of amides is 1. The Labute approximate surface area is 112 Å². The van der Waals surface area contributed by atoms with Gasteiger partial charge in [-0.15, -0.1) is 0 Å². The molecule has 1 aromatic carbocycles. The Balaban J connectivity index is 3.27. The number of ether oxygens (including phenoxy) is 1. The van der Waals surface area contributed by atoms with Gasteiger partial charge in [-0.1, -0.05) is 17.7 Å². The first-order chi connectivity index (χ1) is 8.85. The number of aryl methyl sites for hydroxylation is 2. The molecule has 1 rings (SSSR count). The molecule has 0 aliphatic heterocycles. The molecule has 0 aromatic heterocycles. The van der Waals surface area contributed by atoms with E-state index in [1.54, 1.807) is 0 Å². The summed E-state index contributed by atoms with van der Waals surface area (Å²) in [6.45, 7) is 5.17. The van der Waals surface area contributed by atoms with Crippen LogP contribution in [0.3, 0.4) is 0 Å². The zero-order valence-corrected chi connectivity index (χ0v) is 11.6. The Morgan fingerprint density at radius 3 is 2.47 bits per heavy atom. The summed E-state index contributed by atoms with van der Waals surface area (Å²) in [6.07, 6.45) is -0.182. The maximum atomic E-state index is 11.2. The summed E-state index contributed by atoms with van der Waals surface area (Å²) < 4.78 is 5.33. The van der Waals surface area contributed by atoms with Crippen LogP contribution in [-0.4, -0.2) is 24.1 Å². The average Bonchev–Trinajstić information content (AvgIpc) is 2.25. The molecule has 0 saturated heterocycles. The van der Waals surface area contributed by atoms with Gasteiger partial charge in [-0.2, -0.15) is 0 Å². The second-order valence-electron chi connectivity index (χ2n) is 4.56. The molecule has 1 atom stereocenters. The molecule has 0 aliphatic carbocycles. The maximum Gasteiger partial charge on any atom is 0.305 e. The minimum absolute atomic E-state index is 0.182. The van der Waals surface area contributed by atoms with Crippen molar-refractivity contribution in [1.82, 2.24) is 5.32 Å². The van der Waals surface area contributed by atoms with Crippen LogP contribution in [0.2, 0.25) is 0 Å². The third-order valence-electron chi connectivity index (χ3n) is 2.78. The van der Waals surface area contributed by atoms with Crippen LogP contribution in [-0.2, 0) is 9.59 Å². The predicted octanol–water partition coefficient (Wildman–Crippen LogP) is 1.96. The number of carboxylic acids is 1. The van der Waals surface area contributed by atoms with Crippen LogP contribution in [0.1, 0.15) is 36.1 Å². The number of aliphatic carboxylic acids is 1. The standard InChI is InChI=1S/C14H19NO4/c1-8-5-9(2)14(19-4)11(6-8)12(7-13(17)18)15-10(3)16/h5-6,12H,7H2,1-4H3,(H,15,16)(H,17,18). The van der Waals surface area contributed by atoms with E-state index in [0.717, 1.165) is 11.1 Å². The van der Waals surface area contributed by atoms with Crippen LogP contribution in [0.15, 0.2) is 12.1 Å². The molecule has 5 heteroatoms. The highest BCUT2D eigenvalue weighted by molar-refractivity contribution is 5.75. The molecule has 0 saturated carbocycles. The van der Waals surface area contributed by atoms with E-state index in [-0.39, 0.29) is 12.3 Å². The lowest BCUT2D eigenvalue weighted by Crippen LogP contribution is -2.28. The van der Waals surface area contributed by atoms with Gasteiger partial charge >= 0.3 is 5.97 Å². The molecule has 1 unspecified atom stereocenters. The van der Waals surface area contributed by atoms with Crippen LogP contribution in [0.5, 0.6) is 5.75 Å². The normalized spacial score (nSPS) is 11.8. The van der Waals surface area contributed by atoms with Gasteiger partial charge in [-0.25, -0.2) is 0 Å². The largest absolute Gasteiger partial charge is 0.496 e. The average molecular weight is 265 g/mol. The van der Waals surface area contributed by atoms with Crippen LogP contribution in [0.4, 0.5) is 0 Å². The Kier molecular flexibility index (Phi) is 4.92. The minimum Gasteiger partial charge on any atom is -0.496 e. The lowest BCUT2D eigenvalue weighted by molar-refractivity contribution is -0.137. The molecule has 0 radical (unpaired) electrons. The summed E-state index contributed by atoms with van der Waals surface area (Å²) in [5, 5.41) is 11.6. The van der Waals surface area contributed by atoms with Crippen molar-refractivity contribution >= 4 is 11.9 Å². The second-order valence-corrected chi connectivity index (χ2v) is 4.56. The maximum absolute atomic E-state index is 11.2. The van der Waals surface area contributed by atoms with Crippen molar-refractivity contribution in [2.45, 2.75) is 33.2 Å². The molecule has 0 heterocycles. The van der Waals surface area contributed by atoms with E-state index in [1.807, 2.05) is 26.0 Å². The summed E-state index contributed by atoms with van der Waals surface area (Å²) >= 11 is 0. The number of nitrogens with one attached hydrogen (secondary N) is 1. The van der Waals surface area contributed by atoms with E-state index < -0.39 is 12.0 Å². The molecule has 104 valence electrons. The molecule has 19 heavy (non-hydrogen) atoms. The molecule has 1 aromatic rings. The van der Waals surface area contributed by atoms with E-state index >= 15 is 0 Å². The van der Waals surface area contributed by atoms with Crippen molar-refractivity contribution in [3.8, 4) is 5.75 Å². The Morgan fingerprint density at radius 2 is 2.00 bits per heavy atom. The van der Waals surface area contributed by atoms with Gasteiger partial charge in [0.1, 0.15) is 5.75 Å². The van der Waals surface area contributed by atoms with E-state index in [4.69, 9.17) is 9.84 Å². The molecule has 2 N–H and O–H groups in total. The van der Waals surface area contributed by atoms with Crippen molar-refractivity contribution in [2.24, 2.45) is 0 Å². The fourth-order valence-corrected chi connectivity index (χ4v) is 2.18. The van der Waals surface area contributed by atoms with Gasteiger partial charge in [0, 0.05) is 12.5 Å². The summed E-state index contributed by atoms with van der Waals surface area (Å²) in [4.78, 5) is 22.2. The number of benzene rings is 1. The van der Waals surface area contributed by atoms with Gasteiger partial charge in [0.2, 0.25) is 5.91 Å². The third kappa shape index (κ3) is 3.98. The molecule has 0 aliphatic rings. The second kappa shape index (κ2) is 6.22. The summed E-state index contributed by atoms with van der Waals surface area (Å²) in [5.41, 5.74) is 2.60. The van der Waals surface area contributed by atoms with E-state index in [1.165, 1.54) is 14.0 Å². The van der Waals surface area contributed by atoms with E-state index in [9.17, 15) is 9.59 Å². The number of carboxylic acid groups (broad SMARTS) is 1. The number of hydrogen-bond acceptors (Lipinski definition) is 3. The number of hydrogen-bond donors (Lipinski definition) is 2. The molecule has 0 bridgehead atoms. The Morgan fingerprint density at radius 1 is 1.37 bits per heavy atom.